The van der Waals surface area contributed by atoms with Crippen LogP contribution in [0.1, 0.15) is 49.9 Å². The van der Waals surface area contributed by atoms with E-state index >= 15 is 0 Å². The van der Waals surface area contributed by atoms with Crippen LogP contribution in [0.5, 0.6) is 5.75 Å². The Bertz CT molecular complexity index is 407. The van der Waals surface area contributed by atoms with Gasteiger partial charge in [0.15, 0.2) is 0 Å². The predicted molar refractivity (Wildman–Crippen MR) is 81.9 cm³/mol. The van der Waals surface area contributed by atoms with Gasteiger partial charge in [-0.2, -0.15) is 0 Å². The van der Waals surface area contributed by atoms with Crippen LogP contribution >= 0.6 is 22.6 Å². The molecule has 0 heterocycles. The van der Waals surface area contributed by atoms with Crippen molar-refractivity contribution in [3.63, 3.8) is 0 Å². The quantitative estimate of drug-likeness (QED) is 0.600. The molecule has 0 spiro atoms. The molecule has 0 radical (unpaired) electrons. The molecule has 1 aromatic carbocycles. The predicted octanol–water partition coefficient (Wildman–Crippen LogP) is 3.70. The summed E-state index contributed by atoms with van der Waals surface area (Å²) in [5.74, 6) is 0.0348. The summed E-state index contributed by atoms with van der Waals surface area (Å²) in [7, 11) is 0. The number of unbranched alkanes of at least 4 members (excludes halogenated alkanes) is 2. The second-order valence-electron chi connectivity index (χ2n) is 4.54. The van der Waals surface area contributed by atoms with Crippen molar-refractivity contribution in [2.45, 2.75) is 45.6 Å². The van der Waals surface area contributed by atoms with Crippen molar-refractivity contribution in [2.75, 3.05) is 0 Å². The first-order chi connectivity index (χ1) is 8.54. The molecule has 1 unspecified atom stereocenters. The van der Waals surface area contributed by atoms with Crippen molar-refractivity contribution in [2.24, 2.45) is 0 Å². The van der Waals surface area contributed by atoms with Crippen molar-refractivity contribution in [1.29, 1.82) is 0 Å². The van der Waals surface area contributed by atoms with Gasteiger partial charge >= 0.3 is 0 Å². The first-order valence-electron chi connectivity index (χ1n) is 6.34. The van der Waals surface area contributed by atoms with Crippen molar-refractivity contribution in [3.05, 3.63) is 27.3 Å². The van der Waals surface area contributed by atoms with E-state index in [4.69, 9.17) is 0 Å². The number of phenolic OH excluding ortho intramolecular Hbond substituents is 1. The van der Waals surface area contributed by atoms with Gasteiger partial charge < -0.3 is 10.4 Å². The van der Waals surface area contributed by atoms with Gasteiger partial charge in [-0.25, -0.2) is 0 Å². The van der Waals surface area contributed by atoms with Crippen LogP contribution in [0.15, 0.2) is 18.2 Å². The molecule has 0 saturated heterocycles. The van der Waals surface area contributed by atoms with Crippen molar-refractivity contribution < 1.29 is 9.90 Å². The number of phenols is 1. The topological polar surface area (TPSA) is 49.3 Å². The number of hydrogen-bond acceptors (Lipinski definition) is 2. The van der Waals surface area contributed by atoms with Crippen LogP contribution in [0.25, 0.3) is 0 Å². The van der Waals surface area contributed by atoms with Gasteiger partial charge in [-0.15, -0.1) is 0 Å². The highest BCUT2D eigenvalue weighted by molar-refractivity contribution is 14.1. The molecular formula is C14H20INO2. The van der Waals surface area contributed by atoms with Gasteiger partial charge in [0.05, 0.1) is 3.57 Å². The van der Waals surface area contributed by atoms with Crippen LogP contribution in [0, 0.1) is 3.57 Å². The van der Waals surface area contributed by atoms with Crippen molar-refractivity contribution in [3.8, 4) is 5.75 Å². The zero-order valence-corrected chi connectivity index (χ0v) is 13.0. The highest BCUT2D eigenvalue weighted by Gasteiger charge is 2.11. The monoisotopic (exact) mass is 361 g/mol. The lowest BCUT2D eigenvalue weighted by molar-refractivity contribution is 0.0937. The van der Waals surface area contributed by atoms with E-state index in [0.717, 1.165) is 16.4 Å². The minimum atomic E-state index is -0.120. The molecule has 1 amide bonds. The maximum absolute atomic E-state index is 11.9. The third kappa shape index (κ3) is 4.84. The van der Waals surface area contributed by atoms with E-state index in [-0.39, 0.29) is 17.7 Å². The van der Waals surface area contributed by atoms with Crippen LogP contribution < -0.4 is 5.32 Å². The Morgan fingerprint density at radius 1 is 1.44 bits per heavy atom. The molecule has 0 aliphatic heterocycles. The Morgan fingerprint density at radius 3 is 2.78 bits per heavy atom. The summed E-state index contributed by atoms with van der Waals surface area (Å²) in [5.41, 5.74) is 0.509. The van der Waals surface area contributed by atoms with Gasteiger partial charge in [0.25, 0.3) is 5.91 Å². The molecule has 0 fully saturated rings. The highest BCUT2D eigenvalue weighted by Crippen LogP contribution is 2.20. The second-order valence-corrected chi connectivity index (χ2v) is 5.70. The zero-order valence-electron chi connectivity index (χ0n) is 10.9. The van der Waals surface area contributed by atoms with E-state index in [2.05, 4.69) is 12.2 Å². The first kappa shape index (κ1) is 15.3. The van der Waals surface area contributed by atoms with E-state index in [9.17, 15) is 9.90 Å². The molecule has 0 saturated carbocycles. The second kappa shape index (κ2) is 7.61. The van der Waals surface area contributed by atoms with Crippen LogP contribution in [-0.2, 0) is 0 Å². The minimum absolute atomic E-state index is 0.120. The van der Waals surface area contributed by atoms with Crippen molar-refractivity contribution in [1.82, 2.24) is 5.32 Å². The number of amides is 1. The summed E-state index contributed by atoms with van der Waals surface area (Å²) < 4.78 is 0.750. The molecule has 1 atom stereocenters. The summed E-state index contributed by atoms with van der Waals surface area (Å²) in [4.78, 5) is 11.9. The SMILES string of the molecule is CCCCCC(C)NC(=O)c1ccc(I)c(O)c1. The smallest absolute Gasteiger partial charge is 0.251 e. The molecule has 0 aromatic heterocycles. The van der Waals surface area contributed by atoms with Gasteiger partial charge in [0.1, 0.15) is 5.75 Å². The fourth-order valence-corrected chi connectivity index (χ4v) is 2.07. The van der Waals surface area contributed by atoms with Gasteiger partial charge in [-0.05, 0) is 54.1 Å². The van der Waals surface area contributed by atoms with Gasteiger partial charge in [-0.3, -0.25) is 4.79 Å². The number of rotatable bonds is 6. The Kier molecular flexibility index (Phi) is 6.46. The summed E-state index contributed by atoms with van der Waals surface area (Å²) in [5, 5.41) is 12.5. The fourth-order valence-electron chi connectivity index (χ4n) is 1.73. The number of nitrogens with one attached hydrogen (secondary N) is 1. The minimum Gasteiger partial charge on any atom is -0.507 e. The Morgan fingerprint density at radius 2 is 2.17 bits per heavy atom. The first-order valence-corrected chi connectivity index (χ1v) is 7.41. The molecule has 0 aliphatic carbocycles. The lowest BCUT2D eigenvalue weighted by Gasteiger charge is -2.13. The Balaban J connectivity index is 2.51. The molecule has 1 aromatic rings. The van der Waals surface area contributed by atoms with Crippen LogP contribution in [0.4, 0.5) is 0 Å². The zero-order chi connectivity index (χ0) is 13.5. The number of hydrogen-bond donors (Lipinski definition) is 2. The summed E-state index contributed by atoms with van der Waals surface area (Å²) >= 11 is 2.03. The molecule has 18 heavy (non-hydrogen) atoms. The molecular weight excluding hydrogens is 341 g/mol. The number of aromatic hydroxyl groups is 1. The van der Waals surface area contributed by atoms with Crippen LogP contribution in [0.3, 0.4) is 0 Å². The van der Waals surface area contributed by atoms with Crippen molar-refractivity contribution >= 4 is 28.5 Å². The Labute approximate surface area is 122 Å². The lowest BCUT2D eigenvalue weighted by Crippen LogP contribution is -2.32. The maximum atomic E-state index is 11.9. The van der Waals surface area contributed by atoms with E-state index < -0.39 is 0 Å². The normalized spacial score (nSPS) is 12.2. The van der Waals surface area contributed by atoms with Crippen LogP contribution in [-0.4, -0.2) is 17.1 Å². The van der Waals surface area contributed by atoms with E-state index in [1.807, 2.05) is 29.5 Å². The van der Waals surface area contributed by atoms with Crippen LogP contribution in [0.2, 0.25) is 0 Å². The van der Waals surface area contributed by atoms with E-state index in [1.165, 1.54) is 18.9 Å². The Hall–Kier alpha value is -0.780. The molecule has 1 rings (SSSR count). The molecule has 3 nitrogen and oxygen atoms in total. The maximum Gasteiger partial charge on any atom is 0.251 e. The number of benzene rings is 1. The molecule has 0 bridgehead atoms. The molecule has 0 aliphatic rings. The highest BCUT2D eigenvalue weighted by atomic mass is 127. The largest absolute Gasteiger partial charge is 0.507 e. The number of halogens is 1. The van der Waals surface area contributed by atoms with Gasteiger partial charge in [-0.1, -0.05) is 26.2 Å². The average molecular weight is 361 g/mol. The summed E-state index contributed by atoms with van der Waals surface area (Å²) in [6.45, 7) is 4.18. The average Bonchev–Trinajstić information content (AvgIpc) is 2.33. The number of carbonyl (C=O) groups is 1. The lowest BCUT2D eigenvalue weighted by atomic mass is 10.1. The molecule has 4 heteroatoms. The van der Waals surface area contributed by atoms with Gasteiger partial charge in [0, 0.05) is 11.6 Å². The standard InChI is InChI=1S/C14H20INO2/c1-3-4-5-6-10(2)16-14(18)11-7-8-12(15)13(17)9-11/h7-10,17H,3-6H2,1-2H3,(H,16,18). The summed E-state index contributed by atoms with van der Waals surface area (Å²) in [6, 6.07) is 5.16. The van der Waals surface area contributed by atoms with Gasteiger partial charge in [0.2, 0.25) is 0 Å². The third-order valence-corrected chi connectivity index (χ3v) is 3.74. The number of carbonyl (C=O) groups excluding carboxylic acids is 1. The third-order valence-electron chi connectivity index (χ3n) is 2.83. The van der Waals surface area contributed by atoms with E-state index in [0.29, 0.717) is 5.56 Å². The fraction of sp³-hybridized carbons (Fsp3) is 0.500. The summed E-state index contributed by atoms with van der Waals surface area (Å²) in [6.07, 6.45) is 4.52. The van der Waals surface area contributed by atoms with E-state index in [1.54, 1.807) is 12.1 Å². The molecule has 2 N–H and O–H groups in total. The molecule has 100 valence electrons.